The van der Waals surface area contributed by atoms with E-state index in [1.165, 1.54) is 14.2 Å². The van der Waals surface area contributed by atoms with Crippen LogP contribution in [0, 0.1) is 0 Å². The van der Waals surface area contributed by atoms with Gasteiger partial charge in [-0.25, -0.2) is 0 Å². The van der Waals surface area contributed by atoms with Crippen molar-refractivity contribution < 1.29 is 33.0 Å². The molecule has 0 unspecified atom stereocenters. The van der Waals surface area contributed by atoms with E-state index in [0.29, 0.717) is 58.7 Å². The zero-order valence-corrected chi connectivity index (χ0v) is 22.5. The number of nitrogens with one attached hydrogen (secondary N) is 1. The zero-order valence-electron chi connectivity index (χ0n) is 21.7. The van der Waals surface area contributed by atoms with Gasteiger partial charge in [-0.05, 0) is 35.5 Å². The molecule has 0 aliphatic carbocycles. The summed E-state index contributed by atoms with van der Waals surface area (Å²) in [6.07, 6.45) is 2.24. The van der Waals surface area contributed by atoms with Gasteiger partial charge in [-0.3, -0.25) is 19.7 Å². The van der Waals surface area contributed by atoms with Crippen LogP contribution in [0.3, 0.4) is 0 Å². The molecule has 10 heteroatoms. The number of ether oxygens (including phenoxy) is 4. The molecule has 5 rings (SSSR count). The van der Waals surface area contributed by atoms with Crippen LogP contribution in [0.5, 0.6) is 23.0 Å². The smallest absolute Gasteiger partial charge is 0.290 e. The van der Waals surface area contributed by atoms with E-state index in [-0.39, 0.29) is 21.8 Å². The third-order valence-corrected chi connectivity index (χ3v) is 6.81. The molecule has 0 spiro atoms. The largest absolute Gasteiger partial charge is 0.496 e. The number of carbonyl (C=O) groups is 2. The van der Waals surface area contributed by atoms with Crippen molar-refractivity contribution in [3.05, 3.63) is 87.4 Å². The zero-order chi connectivity index (χ0) is 28.1. The predicted octanol–water partition coefficient (Wildman–Crippen LogP) is 5.65. The van der Waals surface area contributed by atoms with Gasteiger partial charge >= 0.3 is 0 Å². The number of hydrogen-bond acceptors (Lipinski definition) is 9. The molecule has 0 radical (unpaired) electrons. The van der Waals surface area contributed by atoms with E-state index in [4.69, 9.17) is 23.4 Å². The molecule has 0 saturated carbocycles. The topological polar surface area (TPSA) is 113 Å². The molecule has 2 amide bonds. The van der Waals surface area contributed by atoms with E-state index < -0.39 is 5.91 Å². The van der Waals surface area contributed by atoms with E-state index in [1.807, 2.05) is 42.5 Å². The fourth-order valence-electron chi connectivity index (χ4n) is 4.12. The van der Waals surface area contributed by atoms with Crippen LogP contribution in [-0.2, 0) is 4.79 Å². The SMILES string of the molecule is COc1c(-c2ccccc2)oc2cc(OCCCOc3ccc(C=C4SC(=O)NC4=O)cc3)cc(OC)c2c1=O. The molecule has 9 nitrogen and oxygen atoms in total. The number of hydrogen-bond donors (Lipinski definition) is 1. The third-order valence-electron chi connectivity index (χ3n) is 6.00. The average molecular weight is 560 g/mol. The van der Waals surface area contributed by atoms with Gasteiger partial charge in [-0.1, -0.05) is 42.5 Å². The molecule has 204 valence electrons. The number of methoxy groups -OCH3 is 2. The van der Waals surface area contributed by atoms with Gasteiger partial charge in [0.2, 0.25) is 11.2 Å². The number of amides is 2. The van der Waals surface area contributed by atoms with Crippen LogP contribution in [-0.4, -0.2) is 38.6 Å². The highest BCUT2D eigenvalue weighted by molar-refractivity contribution is 8.18. The standard InChI is InChI=1S/C30H25NO8S/c1-35-22-16-21(17-23-25(22)26(32)28(36-2)27(39-23)19-7-4-3-5-8-19)38-14-6-13-37-20-11-9-18(10-12-20)15-24-29(33)31-30(34)40-24/h3-5,7-12,15-17H,6,13-14H2,1-2H3,(H,31,33,34). The number of thioether (sulfide) groups is 1. The lowest BCUT2D eigenvalue weighted by Gasteiger charge is -2.13. The van der Waals surface area contributed by atoms with Crippen LogP contribution < -0.4 is 29.7 Å². The van der Waals surface area contributed by atoms with E-state index >= 15 is 0 Å². The Morgan fingerprint density at radius 1 is 0.875 bits per heavy atom. The van der Waals surface area contributed by atoms with Crippen LogP contribution in [0.4, 0.5) is 4.79 Å². The van der Waals surface area contributed by atoms with Gasteiger partial charge in [0.15, 0.2) is 5.76 Å². The highest BCUT2D eigenvalue weighted by Gasteiger charge is 2.25. The number of benzene rings is 3. The second-order valence-corrected chi connectivity index (χ2v) is 9.64. The summed E-state index contributed by atoms with van der Waals surface area (Å²) < 4.78 is 28.7. The summed E-state index contributed by atoms with van der Waals surface area (Å²) in [7, 11) is 2.91. The van der Waals surface area contributed by atoms with Gasteiger partial charge in [0.25, 0.3) is 11.1 Å². The Balaban J connectivity index is 1.23. The summed E-state index contributed by atoms with van der Waals surface area (Å²) >= 11 is 0.876. The van der Waals surface area contributed by atoms with Crippen LogP contribution in [0.25, 0.3) is 28.4 Å². The van der Waals surface area contributed by atoms with Crippen LogP contribution >= 0.6 is 11.8 Å². The molecular formula is C30H25NO8S. The van der Waals surface area contributed by atoms with Gasteiger partial charge < -0.3 is 23.4 Å². The first-order valence-corrected chi connectivity index (χ1v) is 13.2. The van der Waals surface area contributed by atoms with Gasteiger partial charge in [0.05, 0.1) is 32.3 Å². The van der Waals surface area contributed by atoms with E-state index in [0.717, 1.165) is 17.3 Å². The fraction of sp³-hybridized carbons (Fsp3) is 0.167. The predicted molar refractivity (Wildman–Crippen MR) is 152 cm³/mol. The molecule has 3 aromatic carbocycles. The molecule has 1 saturated heterocycles. The lowest BCUT2D eigenvalue weighted by molar-refractivity contribution is -0.115. The van der Waals surface area contributed by atoms with E-state index in [1.54, 1.807) is 30.3 Å². The second-order valence-electron chi connectivity index (χ2n) is 8.63. The molecule has 1 aliphatic rings. The Hall–Kier alpha value is -4.70. The van der Waals surface area contributed by atoms with Crippen molar-refractivity contribution in [3.8, 4) is 34.3 Å². The third kappa shape index (κ3) is 5.81. The molecular weight excluding hydrogens is 534 g/mol. The number of imide groups is 1. The monoisotopic (exact) mass is 559 g/mol. The maximum Gasteiger partial charge on any atom is 0.290 e. The Morgan fingerprint density at radius 3 is 2.25 bits per heavy atom. The lowest BCUT2D eigenvalue weighted by atomic mass is 10.1. The molecule has 0 atom stereocenters. The maximum atomic E-state index is 13.3. The highest BCUT2D eigenvalue weighted by atomic mass is 32.2. The molecule has 0 bridgehead atoms. The van der Waals surface area contributed by atoms with Crippen molar-refractivity contribution in [3.63, 3.8) is 0 Å². The van der Waals surface area contributed by atoms with Crippen molar-refractivity contribution in [2.45, 2.75) is 6.42 Å². The lowest BCUT2D eigenvalue weighted by Crippen LogP contribution is -2.17. The first-order chi connectivity index (χ1) is 19.5. The Bertz CT molecular complexity index is 1640. The van der Waals surface area contributed by atoms with E-state index in [2.05, 4.69) is 5.32 Å². The molecule has 4 aromatic rings. The van der Waals surface area contributed by atoms with Crippen molar-refractivity contribution >= 4 is 40.0 Å². The number of fused-ring (bicyclic) bond motifs is 1. The fourth-order valence-corrected chi connectivity index (χ4v) is 4.81. The normalized spacial score (nSPS) is 13.9. The Morgan fingerprint density at radius 2 is 1.60 bits per heavy atom. The molecule has 2 heterocycles. The first kappa shape index (κ1) is 26.9. The van der Waals surface area contributed by atoms with Crippen LogP contribution in [0.2, 0.25) is 0 Å². The number of carbonyl (C=O) groups excluding carboxylic acids is 2. The van der Waals surface area contributed by atoms with Crippen molar-refractivity contribution in [1.82, 2.24) is 5.32 Å². The van der Waals surface area contributed by atoms with Gasteiger partial charge in [-0.2, -0.15) is 0 Å². The molecule has 1 fully saturated rings. The van der Waals surface area contributed by atoms with Crippen molar-refractivity contribution in [2.75, 3.05) is 27.4 Å². The quantitative estimate of drug-likeness (QED) is 0.195. The summed E-state index contributed by atoms with van der Waals surface area (Å²) in [5.74, 6) is 1.51. The van der Waals surface area contributed by atoms with Gasteiger partial charge in [-0.15, -0.1) is 0 Å². The summed E-state index contributed by atoms with van der Waals surface area (Å²) in [5.41, 5.74) is 1.49. The molecule has 40 heavy (non-hydrogen) atoms. The van der Waals surface area contributed by atoms with Gasteiger partial charge in [0.1, 0.15) is 28.2 Å². The highest BCUT2D eigenvalue weighted by Crippen LogP contribution is 2.36. The molecule has 1 aliphatic heterocycles. The Kier molecular flexibility index (Phi) is 8.07. The van der Waals surface area contributed by atoms with Crippen molar-refractivity contribution in [1.29, 1.82) is 0 Å². The van der Waals surface area contributed by atoms with E-state index in [9.17, 15) is 14.4 Å². The maximum absolute atomic E-state index is 13.3. The molecule has 1 aromatic heterocycles. The summed E-state index contributed by atoms with van der Waals surface area (Å²) in [5, 5.41) is 2.13. The minimum absolute atomic E-state index is 0.102. The molecule has 1 N–H and O–H groups in total. The minimum Gasteiger partial charge on any atom is -0.496 e. The number of rotatable bonds is 10. The summed E-state index contributed by atoms with van der Waals surface area (Å²) in [4.78, 5) is 36.6. The summed E-state index contributed by atoms with van der Waals surface area (Å²) in [6, 6.07) is 19.8. The minimum atomic E-state index is -0.391. The van der Waals surface area contributed by atoms with Crippen LogP contribution in [0.15, 0.2) is 80.8 Å². The van der Waals surface area contributed by atoms with Gasteiger partial charge in [0, 0.05) is 24.1 Å². The van der Waals surface area contributed by atoms with Crippen LogP contribution in [0.1, 0.15) is 12.0 Å². The van der Waals surface area contributed by atoms with Crippen molar-refractivity contribution in [2.24, 2.45) is 0 Å². The summed E-state index contributed by atoms with van der Waals surface area (Å²) in [6.45, 7) is 0.757. The Labute approximate surface area is 233 Å². The second kappa shape index (κ2) is 12.0. The average Bonchev–Trinajstić information content (AvgIpc) is 3.29. The first-order valence-electron chi connectivity index (χ1n) is 12.4.